The van der Waals surface area contributed by atoms with Gasteiger partial charge in [0.2, 0.25) is 0 Å². The molecule has 0 aliphatic heterocycles. The average molecular weight is 320 g/mol. The zero-order valence-corrected chi connectivity index (χ0v) is 13.0. The molecule has 0 aliphatic rings. The zero-order valence-electron chi connectivity index (χ0n) is 11.4. The number of aryl methyl sites for hydroxylation is 2. The Kier molecular flexibility index (Phi) is 4.15. The molecular weight excluding hydrogens is 302 g/mol. The number of phenols is 1. The Morgan fingerprint density at radius 2 is 1.89 bits per heavy atom. The molecule has 0 bridgehead atoms. The fraction of sp³-hybridized carbons (Fsp3) is 0.250. The van der Waals surface area contributed by atoms with E-state index in [0.717, 1.165) is 10.0 Å². The number of aromatic hydroxyl groups is 1. The van der Waals surface area contributed by atoms with Crippen molar-refractivity contribution in [2.45, 2.75) is 20.4 Å². The highest BCUT2D eigenvalue weighted by atomic mass is 79.9. The summed E-state index contributed by atoms with van der Waals surface area (Å²) < 4.78 is 0.735. The number of rotatable bonds is 3. The molecule has 2 nitrogen and oxygen atoms in total. The van der Waals surface area contributed by atoms with Crippen LogP contribution in [0.1, 0.15) is 16.7 Å². The van der Waals surface area contributed by atoms with Gasteiger partial charge in [-0.3, -0.25) is 0 Å². The molecule has 1 N–H and O–H groups in total. The van der Waals surface area contributed by atoms with Crippen molar-refractivity contribution in [2.75, 3.05) is 11.9 Å². The third kappa shape index (κ3) is 3.10. The average Bonchev–Trinajstić information content (AvgIpc) is 2.34. The van der Waals surface area contributed by atoms with Gasteiger partial charge >= 0.3 is 0 Å². The van der Waals surface area contributed by atoms with Crippen LogP contribution >= 0.6 is 15.9 Å². The van der Waals surface area contributed by atoms with Crippen molar-refractivity contribution in [1.29, 1.82) is 0 Å². The van der Waals surface area contributed by atoms with Gasteiger partial charge in [0.05, 0.1) is 4.47 Å². The second-order valence-corrected chi connectivity index (χ2v) is 5.75. The molecular formula is C16H18BrNO. The van der Waals surface area contributed by atoms with Gasteiger partial charge in [-0.15, -0.1) is 0 Å². The van der Waals surface area contributed by atoms with Crippen molar-refractivity contribution in [1.82, 2.24) is 0 Å². The van der Waals surface area contributed by atoms with Gasteiger partial charge in [0.25, 0.3) is 0 Å². The van der Waals surface area contributed by atoms with E-state index in [0.29, 0.717) is 12.3 Å². The molecule has 2 rings (SSSR count). The van der Waals surface area contributed by atoms with Gasteiger partial charge in [0, 0.05) is 24.8 Å². The van der Waals surface area contributed by atoms with Crippen LogP contribution < -0.4 is 4.90 Å². The maximum atomic E-state index is 10.0. The van der Waals surface area contributed by atoms with Crippen molar-refractivity contribution >= 4 is 21.6 Å². The molecule has 0 fully saturated rings. The third-order valence-corrected chi connectivity index (χ3v) is 3.88. The topological polar surface area (TPSA) is 23.5 Å². The van der Waals surface area contributed by atoms with Crippen molar-refractivity contribution in [3.63, 3.8) is 0 Å². The molecule has 0 radical (unpaired) electrons. The second kappa shape index (κ2) is 5.66. The summed E-state index contributed by atoms with van der Waals surface area (Å²) in [7, 11) is 2.04. The number of nitrogens with zero attached hydrogens (tertiary/aromatic N) is 1. The van der Waals surface area contributed by atoms with Crippen molar-refractivity contribution < 1.29 is 5.11 Å². The van der Waals surface area contributed by atoms with Crippen LogP contribution in [0.3, 0.4) is 0 Å². The van der Waals surface area contributed by atoms with E-state index < -0.39 is 0 Å². The highest BCUT2D eigenvalue weighted by Gasteiger charge is 2.10. The van der Waals surface area contributed by atoms with E-state index in [9.17, 15) is 5.11 Å². The molecule has 0 saturated carbocycles. The van der Waals surface area contributed by atoms with E-state index in [1.807, 2.05) is 25.2 Å². The molecule has 0 heterocycles. The van der Waals surface area contributed by atoms with E-state index >= 15 is 0 Å². The molecule has 0 saturated heterocycles. The number of anilines is 1. The van der Waals surface area contributed by atoms with Crippen LogP contribution in [0.25, 0.3) is 0 Å². The van der Waals surface area contributed by atoms with Gasteiger partial charge < -0.3 is 10.0 Å². The minimum atomic E-state index is 0.319. The van der Waals surface area contributed by atoms with E-state index in [1.54, 1.807) is 0 Å². The summed E-state index contributed by atoms with van der Waals surface area (Å²) in [5.41, 5.74) is 4.61. The van der Waals surface area contributed by atoms with Crippen molar-refractivity contribution in [3.8, 4) is 5.75 Å². The summed E-state index contributed by atoms with van der Waals surface area (Å²) in [4.78, 5) is 2.15. The third-order valence-electron chi connectivity index (χ3n) is 3.24. The normalized spacial score (nSPS) is 10.5. The van der Waals surface area contributed by atoms with Gasteiger partial charge in [0.15, 0.2) is 0 Å². The molecule has 0 aromatic heterocycles. The molecule has 0 unspecified atom stereocenters. The Bertz CT molecular complexity index is 595. The maximum absolute atomic E-state index is 10.0. The molecule has 0 spiro atoms. The van der Waals surface area contributed by atoms with Crippen LogP contribution in [0.15, 0.2) is 40.9 Å². The van der Waals surface area contributed by atoms with E-state index in [-0.39, 0.29) is 0 Å². The maximum Gasteiger partial charge on any atom is 0.134 e. The molecule has 0 atom stereocenters. The molecule has 2 aromatic rings. The Morgan fingerprint density at radius 1 is 1.16 bits per heavy atom. The van der Waals surface area contributed by atoms with Crippen LogP contribution in [-0.2, 0) is 6.54 Å². The lowest BCUT2D eigenvalue weighted by atomic mass is 10.1. The number of hydrogen-bond acceptors (Lipinski definition) is 2. The Hall–Kier alpha value is -1.48. The van der Waals surface area contributed by atoms with E-state index in [2.05, 4.69) is 52.9 Å². The molecule has 19 heavy (non-hydrogen) atoms. The first kappa shape index (κ1) is 13.9. The van der Waals surface area contributed by atoms with Gasteiger partial charge in [-0.05, 0) is 47.5 Å². The first-order chi connectivity index (χ1) is 8.99. The summed E-state index contributed by atoms with van der Waals surface area (Å²) >= 11 is 3.35. The molecule has 3 heteroatoms. The number of halogens is 1. The number of benzene rings is 2. The fourth-order valence-corrected chi connectivity index (χ4v) is 2.67. The Balaban J connectivity index is 2.25. The van der Waals surface area contributed by atoms with Gasteiger partial charge in [-0.1, -0.05) is 29.8 Å². The van der Waals surface area contributed by atoms with Crippen molar-refractivity contribution in [2.24, 2.45) is 0 Å². The SMILES string of the molecule is Cc1ccc(N(C)Cc2cccc(Br)c2O)c(C)c1. The summed E-state index contributed by atoms with van der Waals surface area (Å²) in [5.74, 6) is 0.319. The first-order valence-corrected chi connectivity index (χ1v) is 7.03. The molecule has 100 valence electrons. The fourth-order valence-electron chi connectivity index (χ4n) is 2.26. The standard InChI is InChI=1S/C16H18BrNO/c1-11-7-8-15(12(2)9-11)18(3)10-13-5-4-6-14(17)16(13)19/h4-9,19H,10H2,1-3H3. The zero-order chi connectivity index (χ0) is 14.0. The summed E-state index contributed by atoms with van der Waals surface area (Å²) in [5, 5.41) is 10.0. The van der Waals surface area contributed by atoms with E-state index in [1.165, 1.54) is 16.8 Å². The number of hydrogen-bond donors (Lipinski definition) is 1. The van der Waals surface area contributed by atoms with Crippen LogP contribution in [-0.4, -0.2) is 12.2 Å². The van der Waals surface area contributed by atoms with Crippen LogP contribution in [0.5, 0.6) is 5.75 Å². The highest BCUT2D eigenvalue weighted by molar-refractivity contribution is 9.10. The Morgan fingerprint density at radius 3 is 2.58 bits per heavy atom. The summed E-state index contributed by atoms with van der Waals surface area (Å²) in [6.45, 7) is 4.88. The van der Waals surface area contributed by atoms with Crippen LogP contribution in [0, 0.1) is 13.8 Å². The van der Waals surface area contributed by atoms with Crippen LogP contribution in [0.2, 0.25) is 0 Å². The van der Waals surface area contributed by atoms with Gasteiger partial charge in [0.1, 0.15) is 5.75 Å². The Labute approximate surface area is 122 Å². The number of phenolic OH excluding ortho intramolecular Hbond substituents is 1. The first-order valence-electron chi connectivity index (χ1n) is 6.24. The lowest BCUT2D eigenvalue weighted by Crippen LogP contribution is -2.17. The second-order valence-electron chi connectivity index (χ2n) is 4.89. The predicted molar refractivity (Wildman–Crippen MR) is 83.8 cm³/mol. The number of para-hydroxylation sites is 1. The summed E-state index contributed by atoms with van der Waals surface area (Å²) in [6.07, 6.45) is 0. The summed E-state index contributed by atoms with van der Waals surface area (Å²) in [6, 6.07) is 12.1. The molecule has 2 aromatic carbocycles. The quantitative estimate of drug-likeness (QED) is 0.905. The highest BCUT2D eigenvalue weighted by Crippen LogP contribution is 2.30. The molecule has 0 aliphatic carbocycles. The van der Waals surface area contributed by atoms with Crippen LogP contribution in [0.4, 0.5) is 5.69 Å². The molecule has 0 amide bonds. The predicted octanol–water partition coefficient (Wildman–Crippen LogP) is 4.41. The van der Waals surface area contributed by atoms with E-state index in [4.69, 9.17) is 0 Å². The lowest BCUT2D eigenvalue weighted by molar-refractivity contribution is 0.464. The van der Waals surface area contributed by atoms with Gasteiger partial charge in [-0.25, -0.2) is 0 Å². The smallest absolute Gasteiger partial charge is 0.134 e. The minimum Gasteiger partial charge on any atom is -0.506 e. The monoisotopic (exact) mass is 319 g/mol. The van der Waals surface area contributed by atoms with Gasteiger partial charge in [-0.2, -0.15) is 0 Å². The lowest BCUT2D eigenvalue weighted by Gasteiger charge is -2.22. The van der Waals surface area contributed by atoms with Crippen molar-refractivity contribution in [3.05, 3.63) is 57.6 Å². The minimum absolute atomic E-state index is 0.319. The largest absolute Gasteiger partial charge is 0.506 e.